The minimum Gasteiger partial charge on any atom is -0.386 e. The molecular weight excluding hydrogens is 1380 g/mol. The summed E-state index contributed by atoms with van der Waals surface area (Å²) >= 11 is 6.43. The average Bonchev–Trinajstić information content (AvgIpc) is 1.77. The molecule has 29 heteroatoms. The van der Waals surface area contributed by atoms with Crippen molar-refractivity contribution >= 4 is 82.5 Å². The summed E-state index contributed by atoms with van der Waals surface area (Å²) in [6, 6.07) is -7.65. The third-order valence-corrected chi connectivity index (χ3v) is 23.6. The number of hydrogen-bond donors (Lipinski definition) is 4. The molecule has 6 aliphatic rings. The molecule has 2 saturated heterocycles. The number of piperidine rings is 1. The summed E-state index contributed by atoms with van der Waals surface area (Å²) in [5.74, 6) is -11.3. The van der Waals surface area contributed by atoms with Crippen LogP contribution in [0.3, 0.4) is 0 Å². The zero-order valence-corrected chi connectivity index (χ0v) is 65.6. The van der Waals surface area contributed by atoms with Gasteiger partial charge in [0.05, 0.1) is 44.1 Å². The SMILES string of the molecule is CC[C@H](C)[C@@H]1NC(=O)[C@H](CC(C)C)N(C)C(=O)C[C@@H](C(=O)N2CCCCC2)N(C)C(=O)[C@H](C2CCCCC2)N(C)C(=O)C2(CCCC2)NC(=O)CN(C/C=C/C(C)(C)O)C(=O)[C@H](CCC2CCC(C(F)(F)F)C(Cl)C2)NC(=O)CN(C)C(=O)[C@H](CC2CCCCC2)N(C)C(=O)CN(C)C(=O)CN(C)C1=O. The molecule has 4 N–H and O–H groups in total. The first-order valence-corrected chi connectivity index (χ1v) is 39.1. The van der Waals surface area contributed by atoms with Gasteiger partial charge in [0.15, 0.2) is 0 Å². The predicted molar refractivity (Wildman–Crippen MR) is 392 cm³/mol. The molecule has 105 heavy (non-hydrogen) atoms. The van der Waals surface area contributed by atoms with Crippen molar-refractivity contribution in [1.82, 2.24) is 60.0 Å². The molecule has 4 aliphatic carbocycles. The number of alkyl halides is 4. The zero-order chi connectivity index (χ0) is 78.0. The number of likely N-dealkylation sites (tertiary alicyclic amines) is 1. The quantitative estimate of drug-likeness (QED) is 0.105. The highest BCUT2D eigenvalue weighted by Gasteiger charge is 2.51. The van der Waals surface area contributed by atoms with E-state index in [4.69, 9.17) is 11.6 Å². The van der Waals surface area contributed by atoms with Gasteiger partial charge in [-0.15, -0.1) is 11.6 Å². The number of aliphatic hydroxyl groups is 1. The molecule has 4 saturated carbocycles. The van der Waals surface area contributed by atoms with Crippen molar-refractivity contribution in [2.75, 3.05) is 95.1 Å². The molecule has 6 fully saturated rings. The highest BCUT2D eigenvalue weighted by atomic mass is 35.5. The molecule has 1 spiro atoms. The van der Waals surface area contributed by atoms with Crippen LogP contribution in [0.4, 0.5) is 13.2 Å². The molecule has 0 radical (unpaired) electrons. The minimum atomic E-state index is -4.54. The second-order valence-corrected chi connectivity index (χ2v) is 32.9. The monoisotopic (exact) mass is 1500 g/mol. The maximum absolute atomic E-state index is 15.9. The Morgan fingerprint density at radius 3 is 1.78 bits per heavy atom. The molecule has 10 atom stereocenters. The lowest BCUT2D eigenvalue weighted by Gasteiger charge is -2.43. The zero-order valence-electron chi connectivity index (χ0n) is 64.9. The predicted octanol–water partition coefficient (Wildman–Crippen LogP) is 6.65. The normalized spacial score (nSPS) is 28.3. The summed E-state index contributed by atoms with van der Waals surface area (Å²) in [4.78, 5) is 192. The number of nitrogens with zero attached hydrogens (tertiary/aromatic N) is 9. The molecule has 3 unspecified atom stereocenters. The topological polar surface area (TPSA) is 290 Å². The fourth-order valence-corrected chi connectivity index (χ4v) is 16.9. The number of halogens is 4. The molecule has 0 aromatic carbocycles. The first-order valence-electron chi connectivity index (χ1n) is 38.7. The van der Waals surface area contributed by atoms with Gasteiger partial charge in [-0.2, -0.15) is 13.2 Å². The van der Waals surface area contributed by atoms with Crippen LogP contribution in [0.15, 0.2) is 12.2 Å². The molecule has 0 bridgehead atoms. The number of amides is 12. The summed E-state index contributed by atoms with van der Waals surface area (Å²) in [7, 11) is 9.97. The van der Waals surface area contributed by atoms with Gasteiger partial charge in [-0.3, -0.25) is 57.5 Å². The molecule has 0 aromatic rings. The smallest absolute Gasteiger partial charge is 0.386 e. The third kappa shape index (κ3) is 24.5. The largest absolute Gasteiger partial charge is 0.393 e. The van der Waals surface area contributed by atoms with E-state index < -0.39 is 186 Å². The first kappa shape index (κ1) is 87.3. The Bertz CT molecular complexity index is 3040. The molecule has 12 amide bonds. The van der Waals surface area contributed by atoms with Gasteiger partial charge < -0.3 is 65.2 Å². The lowest BCUT2D eigenvalue weighted by molar-refractivity contribution is -0.182. The second-order valence-electron chi connectivity index (χ2n) is 32.4. The van der Waals surface area contributed by atoms with Crippen LogP contribution in [0.1, 0.15) is 208 Å². The second kappa shape index (κ2) is 39.5. The molecule has 0 aromatic heterocycles. The Labute approximate surface area is 625 Å². The highest BCUT2D eigenvalue weighted by molar-refractivity contribution is 6.21. The third-order valence-electron chi connectivity index (χ3n) is 23.1. The van der Waals surface area contributed by atoms with Crippen LogP contribution < -0.4 is 16.0 Å². The van der Waals surface area contributed by atoms with Crippen molar-refractivity contribution in [2.45, 2.75) is 267 Å². The van der Waals surface area contributed by atoms with E-state index in [0.29, 0.717) is 58.0 Å². The summed E-state index contributed by atoms with van der Waals surface area (Å²) < 4.78 is 42.3. The van der Waals surface area contributed by atoms with Crippen LogP contribution >= 0.6 is 11.6 Å². The number of carbonyl (C=O) groups excluding carboxylic acids is 12. The van der Waals surface area contributed by atoms with Crippen LogP contribution in [0.2, 0.25) is 0 Å². The fourth-order valence-electron chi connectivity index (χ4n) is 16.4. The minimum absolute atomic E-state index is 0.00422. The Morgan fingerprint density at radius 1 is 0.619 bits per heavy atom. The Kier molecular flexibility index (Phi) is 32.9. The van der Waals surface area contributed by atoms with Gasteiger partial charge in [-0.25, -0.2) is 0 Å². The molecule has 2 heterocycles. The van der Waals surface area contributed by atoms with E-state index in [1.807, 2.05) is 20.8 Å². The van der Waals surface area contributed by atoms with Crippen molar-refractivity contribution in [3.63, 3.8) is 0 Å². The van der Waals surface area contributed by atoms with Gasteiger partial charge in [0.25, 0.3) is 0 Å². The van der Waals surface area contributed by atoms with E-state index in [1.54, 1.807) is 11.8 Å². The lowest BCUT2D eigenvalue weighted by Crippen LogP contribution is -2.64. The first-order chi connectivity index (χ1) is 49.3. The summed E-state index contributed by atoms with van der Waals surface area (Å²) in [6.07, 6.45) is 9.35. The van der Waals surface area contributed by atoms with Gasteiger partial charge in [0.2, 0.25) is 70.9 Å². The van der Waals surface area contributed by atoms with Gasteiger partial charge in [-0.05, 0) is 133 Å². The van der Waals surface area contributed by atoms with E-state index in [1.165, 1.54) is 94.9 Å². The number of carbonyl (C=O) groups is 12. The van der Waals surface area contributed by atoms with Crippen molar-refractivity contribution in [2.24, 2.45) is 35.5 Å². The highest BCUT2D eigenvalue weighted by Crippen LogP contribution is 2.44. The summed E-state index contributed by atoms with van der Waals surface area (Å²) in [6.45, 7) is 8.29. The number of likely N-dealkylation sites (N-methyl/N-ethyl adjacent to an activating group) is 7. The molecule has 2 aliphatic heterocycles. The van der Waals surface area contributed by atoms with Gasteiger partial charge in [0.1, 0.15) is 41.8 Å². The molecule has 6 rings (SSSR count). The molecule has 594 valence electrons. The Morgan fingerprint density at radius 2 is 1.20 bits per heavy atom. The Balaban J connectivity index is 1.46. The lowest BCUT2D eigenvalue weighted by atomic mass is 9.78. The van der Waals surface area contributed by atoms with E-state index in [-0.39, 0.29) is 76.2 Å². The van der Waals surface area contributed by atoms with Crippen LogP contribution in [-0.4, -0.2) is 274 Å². The van der Waals surface area contributed by atoms with E-state index in [9.17, 15) is 47.0 Å². The van der Waals surface area contributed by atoms with Gasteiger partial charge in [0, 0.05) is 74.3 Å². The van der Waals surface area contributed by atoms with Crippen molar-refractivity contribution in [1.29, 1.82) is 0 Å². The maximum Gasteiger partial charge on any atom is 0.393 e. The van der Waals surface area contributed by atoms with Crippen LogP contribution in [0.25, 0.3) is 0 Å². The van der Waals surface area contributed by atoms with Crippen LogP contribution in [0.5, 0.6) is 0 Å². The van der Waals surface area contributed by atoms with Gasteiger partial charge >= 0.3 is 6.18 Å². The Hall–Kier alpha value is -6.58. The van der Waals surface area contributed by atoms with E-state index in [2.05, 4.69) is 16.0 Å². The van der Waals surface area contributed by atoms with Crippen LogP contribution in [-0.2, 0) is 57.5 Å². The van der Waals surface area contributed by atoms with E-state index >= 15 is 28.8 Å². The average molecular weight is 1510 g/mol. The van der Waals surface area contributed by atoms with E-state index in [0.717, 1.165) is 77.4 Å². The fraction of sp³-hybridized carbons (Fsp3) is 0.816. The summed E-state index contributed by atoms with van der Waals surface area (Å²) in [5, 5.41) is 18.3. The molecular formula is C76H124ClF3N12O13. The number of rotatable bonds is 14. The molecule has 25 nitrogen and oxygen atoms in total. The number of hydrogen-bond acceptors (Lipinski definition) is 13. The maximum atomic E-state index is 15.9. The number of nitrogens with one attached hydrogen (secondary N) is 3. The van der Waals surface area contributed by atoms with Crippen molar-refractivity contribution < 1.29 is 75.8 Å². The van der Waals surface area contributed by atoms with Crippen LogP contribution in [0, 0.1) is 35.5 Å². The summed E-state index contributed by atoms with van der Waals surface area (Å²) in [5.41, 5.74) is -3.04. The van der Waals surface area contributed by atoms with Gasteiger partial charge in [-0.1, -0.05) is 110 Å². The van der Waals surface area contributed by atoms with Crippen molar-refractivity contribution in [3.8, 4) is 0 Å². The van der Waals surface area contributed by atoms with Crippen molar-refractivity contribution in [3.05, 3.63) is 12.2 Å². The standard InChI is InChI=1S/C76H124ClF3N12O13/c1-14-50(4)65-71(102)86(9)47-63(96)84(7)48-64(97)88(11)58(43-51-27-18-15-19-28-51)69(100)85(8)45-60(93)81-56(34-32-52-31-33-54(55(77)42-52)76(78,79)80)68(99)92(40-26-35-74(5,6)105)46-61(94)83-75(36-22-23-37-75)73(104)90(13)66(53-29-20-16-21-30-53)72(103)89(12)59(70(101)91-38-24-17-25-39-91)44-62(95)87(10)57(41-49(2)3)67(98)82-65/h26,35,49-59,65-66,105H,14-25,27-34,36-48H2,1-13H3,(H,81,93)(H,82,98)(H,83,94)/b35-26+/t50-,52?,54?,55?,56-,57-,58-,59-,65-,66-/m0/s1.